The van der Waals surface area contributed by atoms with Gasteiger partial charge in [-0.15, -0.1) is 0 Å². The van der Waals surface area contributed by atoms with E-state index in [2.05, 4.69) is 11.2 Å². The summed E-state index contributed by atoms with van der Waals surface area (Å²) in [6.07, 6.45) is 4.29. The van der Waals surface area contributed by atoms with Crippen LogP contribution in [0.5, 0.6) is 0 Å². The summed E-state index contributed by atoms with van der Waals surface area (Å²) in [5.41, 5.74) is 0.685. The molecule has 0 unspecified atom stereocenters. The van der Waals surface area contributed by atoms with Crippen LogP contribution in [-0.2, 0) is 0 Å². The maximum atomic E-state index is 10.5. The Morgan fingerprint density at radius 3 is 2.88 bits per heavy atom. The van der Waals surface area contributed by atoms with E-state index in [1.807, 2.05) is 0 Å². The number of nitrogens with one attached hydrogen (secondary N) is 1. The molecule has 1 N–H and O–H groups in total. The molecule has 0 fully saturated rings. The van der Waals surface area contributed by atoms with Crippen LogP contribution in [0.4, 0.5) is 0 Å². The molecule has 1 heterocycles. The SMILES string of the molecule is CC(=O)c1c[c][nH]c1. The molecule has 0 amide bonds. The molecule has 1 aromatic heterocycles. The maximum absolute atomic E-state index is 10.5. The third-order valence-corrected chi connectivity index (χ3v) is 0.945. The first-order valence-corrected chi connectivity index (χ1v) is 2.36. The van der Waals surface area contributed by atoms with Gasteiger partial charge in [-0.3, -0.25) is 4.79 Å². The third-order valence-electron chi connectivity index (χ3n) is 0.945. The summed E-state index contributed by atoms with van der Waals surface area (Å²) < 4.78 is 0. The van der Waals surface area contributed by atoms with Crippen molar-refractivity contribution in [2.24, 2.45) is 0 Å². The van der Waals surface area contributed by atoms with Gasteiger partial charge in [-0.25, -0.2) is 0 Å². The number of Topliss-reactive ketones (excluding diaryl/α,β-unsaturated/α-hetero) is 1. The summed E-state index contributed by atoms with van der Waals surface area (Å²) in [4.78, 5) is 13.1. The number of rotatable bonds is 1. The second kappa shape index (κ2) is 1.82. The van der Waals surface area contributed by atoms with Crippen molar-refractivity contribution in [2.45, 2.75) is 6.92 Å². The first-order chi connectivity index (χ1) is 3.80. The van der Waals surface area contributed by atoms with Gasteiger partial charge in [0, 0.05) is 11.8 Å². The van der Waals surface area contributed by atoms with Crippen molar-refractivity contribution < 1.29 is 4.79 Å². The molecule has 0 saturated carbocycles. The average molecular weight is 108 g/mol. The van der Waals surface area contributed by atoms with Crippen LogP contribution in [0.15, 0.2) is 12.3 Å². The minimum Gasteiger partial charge on any atom is -0.359 e. The van der Waals surface area contributed by atoms with Crippen molar-refractivity contribution in [3.63, 3.8) is 0 Å². The summed E-state index contributed by atoms with van der Waals surface area (Å²) in [6.45, 7) is 1.52. The van der Waals surface area contributed by atoms with E-state index in [1.165, 1.54) is 6.92 Å². The fraction of sp³-hybridized carbons (Fsp3) is 0.167. The molecule has 1 aromatic rings. The monoisotopic (exact) mass is 108 g/mol. The van der Waals surface area contributed by atoms with E-state index >= 15 is 0 Å². The fourth-order valence-electron chi connectivity index (χ4n) is 0.484. The van der Waals surface area contributed by atoms with Crippen LogP contribution in [-0.4, -0.2) is 10.8 Å². The van der Waals surface area contributed by atoms with Gasteiger partial charge in [0.15, 0.2) is 5.78 Å². The van der Waals surface area contributed by atoms with Gasteiger partial charge >= 0.3 is 0 Å². The molecule has 1 radical (unpaired) electrons. The van der Waals surface area contributed by atoms with Gasteiger partial charge in [-0.05, 0) is 13.0 Å². The van der Waals surface area contributed by atoms with E-state index in [-0.39, 0.29) is 5.78 Å². The van der Waals surface area contributed by atoms with Crippen molar-refractivity contribution in [1.82, 2.24) is 4.98 Å². The van der Waals surface area contributed by atoms with Crippen molar-refractivity contribution in [3.8, 4) is 0 Å². The third kappa shape index (κ3) is 0.780. The molecule has 0 aromatic carbocycles. The number of hydrogen-bond acceptors (Lipinski definition) is 1. The van der Waals surface area contributed by atoms with E-state index in [0.717, 1.165) is 0 Å². The zero-order valence-electron chi connectivity index (χ0n) is 4.56. The lowest BCUT2D eigenvalue weighted by molar-refractivity contribution is 0.101. The van der Waals surface area contributed by atoms with Crippen LogP contribution < -0.4 is 0 Å². The first-order valence-electron chi connectivity index (χ1n) is 2.36. The van der Waals surface area contributed by atoms with Crippen LogP contribution >= 0.6 is 0 Å². The molecule has 0 aliphatic rings. The lowest BCUT2D eigenvalue weighted by atomic mass is 10.2. The molecular formula is C6H6NO. The Morgan fingerprint density at radius 1 is 1.88 bits per heavy atom. The molecule has 0 bridgehead atoms. The Morgan fingerprint density at radius 2 is 2.62 bits per heavy atom. The van der Waals surface area contributed by atoms with Gasteiger partial charge in [-0.2, -0.15) is 0 Å². The second-order valence-corrected chi connectivity index (χ2v) is 1.59. The highest BCUT2D eigenvalue weighted by molar-refractivity contribution is 5.93. The largest absolute Gasteiger partial charge is 0.359 e. The van der Waals surface area contributed by atoms with Gasteiger partial charge in [0.05, 0.1) is 6.20 Å². The maximum Gasteiger partial charge on any atom is 0.161 e. The summed E-state index contributed by atoms with van der Waals surface area (Å²) in [6, 6.07) is 1.63. The summed E-state index contributed by atoms with van der Waals surface area (Å²) in [5.74, 6) is 0.0718. The Kier molecular flexibility index (Phi) is 1.16. The van der Waals surface area contributed by atoms with Gasteiger partial charge in [0.1, 0.15) is 0 Å². The van der Waals surface area contributed by atoms with E-state index in [9.17, 15) is 4.79 Å². The standard InChI is InChI=1S/C6H6NO/c1-5(8)6-2-3-7-4-6/h2,4,7H,1H3. The molecule has 8 heavy (non-hydrogen) atoms. The minimum absolute atomic E-state index is 0.0718. The minimum atomic E-state index is 0.0718. The normalized spacial score (nSPS) is 9.12. The predicted octanol–water partition coefficient (Wildman–Crippen LogP) is 1.02. The fourth-order valence-corrected chi connectivity index (χ4v) is 0.484. The number of carbonyl (C=O) groups excluding carboxylic acids is 1. The molecular weight excluding hydrogens is 102 g/mol. The zero-order valence-corrected chi connectivity index (χ0v) is 4.56. The van der Waals surface area contributed by atoms with Gasteiger partial charge < -0.3 is 4.98 Å². The van der Waals surface area contributed by atoms with E-state index in [4.69, 9.17) is 0 Å². The van der Waals surface area contributed by atoms with Crippen LogP contribution in [0.1, 0.15) is 17.3 Å². The summed E-state index contributed by atoms with van der Waals surface area (Å²) in [5, 5.41) is 0. The van der Waals surface area contributed by atoms with Crippen LogP contribution in [0.2, 0.25) is 0 Å². The number of aromatic nitrogens is 1. The van der Waals surface area contributed by atoms with Gasteiger partial charge in [-0.1, -0.05) is 0 Å². The number of H-pyrrole nitrogens is 1. The van der Waals surface area contributed by atoms with Crippen LogP contribution in [0, 0.1) is 6.20 Å². The molecule has 0 spiro atoms. The van der Waals surface area contributed by atoms with Gasteiger partial charge in [0.2, 0.25) is 0 Å². The van der Waals surface area contributed by atoms with E-state index in [1.54, 1.807) is 12.3 Å². The molecule has 0 atom stereocenters. The number of ketones is 1. The lowest BCUT2D eigenvalue weighted by Crippen LogP contribution is -1.85. The summed E-state index contributed by atoms with van der Waals surface area (Å²) in [7, 11) is 0. The Balaban J connectivity index is 2.93. The van der Waals surface area contributed by atoms with E-state index < -0.39 is 0 Å². The highest BCUT2D eigenvalue weighted by atomic mass is 16.1. The highest BCUT2D eigenvalue weighted by Gasteiger charge is 1.94. The molecule has 2 heteroatoms. The molecule has 0 aliphatic heterocycles. The molecule has 1 rings (SSSR count). The summed E-state index contributed by atoms with van der Waals surface area (Å²) >= 11 is 0. The molecule has 0 aliphatic carbocycles. The smallest absolute Gasteiger partial charge is 0.161 e. The van der Waals surface area contributed by atoms with Crippen molar-refractivity contribution >= 4 is 5.78 Å². The average Bonchev–Trinajstić information content (AvgIpc) is 2.12. The van der Waals surface area contributed by atoms with Crippen LogP contribution in [0.25, 0.3) is 0 Å². The Hall–Kier alpha value is -1.05. The Bertz CT molecular complexity index is 176. The van der Waals surface area contributed by atoms with Crippen molar-refractivity contribution in [3.05, 3.63) is 24.0 Å². The topological polar surface area (TPSA) is 32.9 Å². The zero-order chi connectivity index (χ0) is 5.98. The van der Waals surface area contributed by atoms with E-state index in [0.29, 0.717) is 5.56 Å². The van der Waals surface area contributed by atoms with Crippen LogP contribution in [0.3, 0.4) is 0 Å². The number of carbonyl (C=O) groups is 1. The quantitative estimate of drug-likeness (QED) is 0.535. The number of hydrogen-bond donors (Lipinski definition) is 1. The van der Waals surface area contributed by atoms with Crippen molar-refractivity contribution in [2.75, 3.05) is 0 Å². The second-order valence-electron chi connectivity index (χ2n) is 1.59. The Labute approximate surface area is 47.5 Å². The molecule has 2 nitrogen and oxygen atoms in total. The molecule has 41 valence electrons. The lowest BCUT2D eigenvalue weighted by Gasteiger charge is -1.79. The van der Waals surface area contributed by atoms with Gasteiger partial charge in [0.25, 0.3) is 0 Å². The highest BCUT2D eigenvalue weighted by Crippen LogP contribution is 1.94. The molecule has 0 saturated heterocycles. The predicted molar refractivity (Wildman–Crippen MR) is 29.6 cm³/mol. The number of aromatic amines is 1. The first kappa shape index (κ1) is 5.09. The van der Waals surface area contributed by atoms with Crippen molar-refractivity contribution in [1.29, 1.82) is 0 Å².